The number of non-ortho nitro benzene ring substituents is 1. The van der Waals surface area contributed by atoms with Gasteiger partial charge in [-0.1, -0.05) is 19.4 Å². The highest BCUT2D eigenvalue weighted by molar-refractivity contribution is 5.77. The number of ether oxygens (including phenoxy) is 1. The Morgan fingerprint density at radius 2 is 2.26 bits per heavy atom. The molecular formula is C13H18N2O4. The largest absolute Gasteiger partial charge is 0.484 e. The van der Waals surface area contributed by atoms with Crippen molar-refractivity contribution in [3.63, 3.8) is 0 Å². The number of nitrogens with zero attached hydrogens (tertiary/aromatic N) is 1. The van der Waals surface area contributed by atoms with E-state index in [0.717, 1.165) is 12.8 Å². The Morgan fingerprint density at radius 1 is 1.53 bits per heavy atom. The molecule has 1 unspecified atom stereocenters. The van der Waals surface area contributed by atoms with Crippen LogP contribution in [0.1, 0.15) is 26.7 Å². The van der Waals surface area contributed by atoms with Gasteiger partial charge in [0.25, 0.3) is 11.6 Å². The standard InChI is InChI=1S/C13H18N2O4/c1-3-5-10(2)14-13(16)9-19-12-7-4-6-11(8-12)15(17)18/h4,6-8,10H,3,5,9H2,1-2H3,(H,14,16). The topological polar surface area (TPSA) is 81.5 Å². The molecule has 0 heterocycles. The van der Waals surface area contributed by atoms with Gasteiger partial charge in [-0.15, -0.1) is 0 Å². The molecule has 1 N–H and O–H groups in total. The average Bonchev–Trinajstić information content (AvgIpc) is 2.37. The van der Waals surface area contributed by atoms with Crippen molar-refractivity contribution < 1.29 is 14.5 Å². The number of nitrogens with one attached hydrogen (secondary N) is 1. The summed E-state index contributed by atoms with van der Waals surface area (Å²) in [5.74, 6) is 0.0833. The molecule has 6 nitrogen and oxygen atoms in total. The SMILES string of the molecule is CCCC(C)NC(=O)COc1cccc([N+](=O)[O-])c1. The van der Waals surface area contributed by atoms with Gasteiger partial charge < -0.3 is 10.1 Å². The van der Waals surface area contributed by atoms with Gasteiger partial charge in [-0.3, -0.25) is 14.9 Å². The summed E-state index contributed by atoms with van der Waals surface area (Å²) < 4.78 is 5.22. The summed E-state index contributed by atoms with van der Waals surface area (Å²) in [4.78, 5) is 21.6. The van der Waals surface area contributed by atoms with Gasteiger partial charge in [0, 0.05) is 12.1 Å². The summed E-state index contributed by atoms with van der Waals surface area (Å²) in [5, 5.41) is 13.4. The number of carbonyl (C=O) groups excluding carboxylic acids is 1. The van der Waals surface area contributed by atoms with Crippen LogP contribution < -0.4 is 10.1 Å². The Hall–Kier alpha value is -2.11. The number of rotatable bonds is 7. The Labute approximate surface area is 111 Å². The molecule has 0 aliphatic heterocycles. The zero-order chi connectivity index (χ0) is 14.3. The zero-order valence-corrected chi connectivity index (χ0v) is 11.1. The number of amides is 1. The Kier molecular flexibility index (Phi) is 5.78. The maximum absolute atomic E-state index is 11.6. The number of hydrogen-bond acceptors (Lipinski definition) is 4. The van der Waals surface area contributed by atoms with E-state index >= 15 is 0 Å². The van der Waals surface area contributed by atoms with Crippen molar-refractivity contribution in [1.82, 2.24) is 5.32 Å². The van der Waals surface area contributed by atoms with E-state index in [1.165, 1.54) is 18.2 Å². The molecule has 1 aromatic carbocycles. The fourth-order valence-electron chi connectivity index (χ4n) is 1.66. The second-order valence-electron chi connectivity index (χ2n) is 4.30. The summed E-state index contributed by atoms with van der Waals surface area (Å²) in [6.45, 7) is 3.83. The van der Waals surface area contributed by atoms with Crippen molar-refractivity contribution in [2.45, 2.75) is 32.7 Å². The molecular weight excluding hydrogens is 248 g/mol. The van der Waals surface area contributed by atoms with E-state index in [2.05, 4.69) is 5.32 Å². The van der Waals surface area contributed by atoms with Crippen molar-refractivity contribution >= 4 is 11.6 Å². The number of benzene rings is 1. The van der Waals surface area contributed by atoms with Gasteiger partial charge in [-0.2, -0.15) is 0 Å². The summed E-state index contributed by atoms with van der Waals surface area (Å²) in [5.41, 5.74) is -0.0581. The number of carbonyl (C=O) groups is 1. The number of nitro groups is 1. The van der Waals surface area contributed by atoms with E-state index in [9.17, 15) is 14.9 Å². The van der Waals surface area contributed by atoms with E-state index in [-0.39, 0.29) is 24.2 Å². The lowest BCUT2D eigenvalue weighted by atomic mass is 10.2. The highest BCUT2D eigenvalue weighted by Crippen LogP contribution is 2.18. The predicted octanol–water partition coefficient (Wildman–Crippen LogP) is 2.28. The zero-order valence-electron chi connectivity index (χ0n) is 11.1. The fraction of sp³-hybridized carbons (Fsp3) is 0.462. The van der Waals surface area contributed by atoms with Crippen LogP contribution in [0.25, 0.3) is 0 Å². The van der Waals surface area contributed by atoms with Gasteiger partial charge in [0.05, 0.1) is 11.0 Å². The monoisotopic (exact) mass is 266 g/mol. The van der Waals surface area contributed by atoms with Crippen LogP contribution in [-0.2, 0) is 4.79 Å². The molecule has 1 rings (SSSR count). The maximum Gasteiger partial charge on any atom is 0.273 e. The molecule has 0 saturated heterocycles. The molecule has 0 aromatic heterocycles. The lowest BCUT2D eigenvalue weighted by Crippen LogP contribution is -2.35. The average molecular weight is 266 g/mol. The smallest absolute Gasteiger partial charge is 0.273 e. The first-order chi connectivity index (χ1) is 9.02. The van der Waals surface area contributed by atoms with Crippen LogP contribution in [0.5, 0.6) is 5.75 Å². The predicted molar refractivity (Wildman–Crippen MR) is 71.1 cm³/mol. The minimum atomic E-state index is -0.504. The maximum atomic E-state index is 11.6. The van der Waals surface area contributed by atoms with Crippen LogP contribution in [0, 0.1) is 10.1 Å². The van der Waals surface area contributed by atoms with E-state index < -0.39 is 4.92 Å². The van der Waals surface area contributed by atoms with Crippen LogP contribution in [0.3, 0.4) is 0 Å². The molecule has 0 bridgehead atoms. The molecule has 104 valence electrons. The van der Waals surface area contributed by atoms with Crippen LogP contribution in [0.2, 0.25) is 0 Å². The molecule has 1 atom stereocenters. The minimum Gasteiger partial charge on any atom is -0.484 e. The number of nitro benzene ring substituents is 1. The van der Waals surface area contributed by atoms with Crippen LogP contribution in [0.15, 0.2) is 24.3 Å². The van der Waals surface area contributed by atoms with Gasteiger partial charge in [0.15, 0.2) is 6.61 Å². The summed E-state index contributed by atoms with van der Waals surface area (Å²) in [7, 11) is 0. The fourth-order valence-corrected chi connectivity index (χ4v) is 1.66. The van der Waals surface area contributed by atoms with E-state index in [0.29, 0.717) is 5.75 Å². The summed E-state index contributed by atoms with van der Waals surface area (Å²) in [6, 6.07) is 5.87. The van der Waals surface area contributed by atoms with E-state index in [4.69, 9.17) is 4.74 Å². The normalized spacial score (nSPS) is 11.7. The summed E-state index contributed by atoms with van der Waals surface area (Å²) >= 11 is 0. The third-order valence-corrected chi connectivity index (χ3v) is 2.53. The summed E-state index contributed by atoms with van der Waals surface area (Å²) in [6.07, 6.45) is 1.90. The van der Waals surface area contributed by atoms with Crippen LogP contribution in [-0.4, -0.2) is 23.5 Å². The van der Waals surface area contributed by atoms with Crippen molar-refractivity contribution in [1.29, 1.82) is 0 Å². The van der Waals surface area contributed by atoms with Crippen molar-refractivity contribution in [3.05, 3.63) is 34.4 Å². The Balaban J connectivity index is 2.46. The first-order valence-corrected chi connectivity index (χ1v) is 6.19. The Morgan fingerprint density at radius 3 is 2.89 bits per heavy atom. The second kappa shape index (κ2) is 7.35. The van der Waals surface area contributed by atoms with Crippen LogP contribution >= 0.6 is 0 Å². The highest BCUT2D eigenvalue weighted by Gasteiger charge is 2.09. The third-order valence-electron chi connectivity index (χ3n) is 2.53. The van der Waals surface area contributed by atoms with Gasteiger partial charge >= 0.3 is 0 Å². The van der Waals surface area contributed by atoms with Gasteiger partial charge in [0.1, 0.15) is 5.75 Å². The first kappa shape index (κ1) is 14.9. The lowest BCUT2D eigenvalue weighted by molar-refractivity contribution is -0.384. The van der Waals surface area contributed by atoms with Gasteiger partial charge in [-0.05, 0) is 19.4 Å². The second-order valence-corrected chi connectivity index (χ2v) is 4.30. The quantitative estimate of drug-likeness (QED) is 0.606. The molecule has 19 heavy (non-hydrogen) atoms. The van der Waals surface area contributed by atoms with Gasteiger partial charge in [-0.25, -0.2) is 0 Å². The third kappa shape index (κ3) is 5.37. The lowest BCUT2D eigenvalue weighted by Gasteiger charge is -2.13. The number of hydrogen-bond donors (Lipinski definition) is 1. The van der Waals surface area contributed by atoms with Crippen molar-refractivity contribution in [2.75, 3.05) is 6.61 Å². The molecule has 0 fully saturated rings. The van der Waals surface area contributed by atoms with E-state index in [1.54, 1.807) is 6.07 Å². The minimum absolute atomic E-state index is 0.0581. The van der Waals surface area contributed by atoms with Crippen LogP contribution in [0.4, 0.5) is 5.69 Å². The molecule has 0 saturated carbocycles. The highest BCUT2D eigenvalue weighted by atomic mass is 16.6. The molecule has 0 aliphatic carbocycles. The Bertz CT molecular complexity index is 448. The van der Waals surface area contributed by atoms with Gasteiger partial charge in [0.2, 0.25) is 0 Å². The molecule has 1 aromatic rings. The van der Waals surface area contributed by atoms with Crippen molar-refractivity contribution in [3.8, 4) is 5.75 Å². The van der Waals surface area contributed by atoms with E-state index in [1.807, 2.05) is 13.8 Å². The molecule has 6 heteroatoms. The first-order valence-electron chi connectivity index (χ1n) is 6.19. The molecule has 0 radical (unpaired) electrons. The van der Waals surface area contributed by atoms with Crippen molar-refractivity contribution in [2.24, 2.45) is 0 Å². The molecule has 0 aliphatic rings. The molecule has 1 amide bonds. The molecule has 0 spiro atoms.